The minimum atomic E-state index is 0. The van der Waals surface area contributed by atoms with Crippen LogP contribution in [-0.4, -0.2) is 36.6 Å². The van der Waals surface area contributed by atoms with Gasteiger partial charge in [-0.15, -0.1) is 12.4 Å². The average molecular weight is 267 g/mol. The molecule has 0 saturated carbocycles. The summed E-state index contributed by atoms with van der Waals surface area (Å²) in [5.41, 5.74) is 1.28. The molecule has 1 saturated heterocycles. The first-order chi connectivity index (χ1) is 8.24. The lowest BCUT2D eigenvalue weighted by Gasteiger charge is -2.35. The van der Waals surface area contributed by atoms with Crippen LogP contribution in [-0.2, 0) is 0 Å². The largest absolute Gasteiger partial charge is 0.309 e. The number of nitrogens with zero attached hydrogens (tertiary/aromatic N) is 1. The molecule has 0 spiro atoms. The van der Waals surface area contributed by atoms with E-state index in [1.165, 1.54) is 5.56 Å². The molecule has 1 aliphatic heterocycles. The molecule has 18 heavy (non-hydrogen) atoms. The monoisotopic (exact) mass is 266 g/mol. The van der Waals surface area contributed by atoms with E-state index in [-0.39, 0.29) is 12.4 Å². The highest BCUT2D eigenvalue weighted by Gasteiger charge is 2.19. The zero-order valence-electron chi connectivity index (χ0n) is 11.2. The first-order valence-corrected chi connectivity index (χ1v) is 6.44. The van der Waals surface area contributed by atoms with Gasteiger partial charge in [0.05, 0.1) is 0 Å². The quantitative estimate of drug-likeness (QED) is 0.905. The van der Waals surface area contributed by atoms with Crippen molar-refractivity contribution in [2.24, 2.45) is 0 Å². The van der Waals surface area contributed by atoms with Crippen molar-refractivity contribution in [1.82, 2.24) is 10.2 Å². The Morgan fingerprint density at radius 3 is 2.39 bits per heavy atom. The molecule has 0 amide bonds. The Morgan fingerprint density at radius 2 is 1.78 bits per heavy atom. The van der Waals surface area contributed by atoms with Crippen molar-refractivity contribution in [2.75, 3.05) is 19.6 Å². The Hall–Kier alpha value is -0.830. The predicted molar refractivity (Wildman–Crippen MR) is 81.2 cm³/mol. The molecule has 1 aliphatic rings. The summed E-state index contributed by atoms with van der Waals surface area (Å²) in [6, 6.07) is 11.7. The maximum absolute atomic E-state index is 3.55. The van der Waals surface area contributed by atoms with Gasteiger partial charge in [-0.3, -0.25) is 4.90 Å². The van der Waals surface area contributed by atoms with Gasteiger partial charge in [0.2, 0.25) is 0 Å². The molecule has 3 heteroatoms. The van der Waals surface area contributed by atoms with Crippen LogP contribution >= 0.6 is 12.4 Å². The summed E-state index contributed by atoms with van der Waals surface area (Å²) < 4.78 is 0. The molecule has 0 bridgehead atoms. The number of rotatable bonds is 3. The molecule has 0 aliphatic carbocycles. The van der Waals surface area contributed by atoms with Gasteiger partial charge in [0.25, 0.3) is 0 Å². The molecule has 1 heterocycles. The normalized spacial score (nSPS) is 25.0. The van der Waals surface area contributed by atoms with E-state index in [1.54, 1.807) is 0 Å². The second-order valence-corrected chi connectivity index (χ2v) is 5.00. The molecule has 0 aromatic heterocycles. The fourth-order valence-electron chi connectivity index (χ4n) is 2.49. The topological polar surface area (TPSA) is 15.3 Å². The summed E-state index contributed by atoms with van der Waals surface area (Å²) >= 11 is 0. The van der Waals surface area contributed by atoms with Crippen molar-refractivity contribution in [3.8, 4) is 0 Å². The van der Waals surface area contributed by atoms with Gasteiger partial charge in [-0.25, -0.2) is 0 Å². The van der Waals surface area contributed by atoms with Crippen LogP contribution in [0.25, 0.3) is 6.08 Å². The fourth-order valence-corrected chi connectivity index (χ4v) is 2.49. The molecule has 100 valence electrons. The third-order valence-corrected chi connectivity index (χ3v) is 3.11. The van der Waals surface area contributed by atoms with Crippen LogP contribution in [0.5, 0.6) is 0 Å². The molecule has 1 aromatic rings. The second-order valence-electron chi connectivity index (χ2n) is 5.00. The standard InChI is InChI=1S/C15H22N2.ClH/c1-13-11-17(12-14(2)16-13)10-6-9-15-7-4-3-5-8-15;/h3-9,13-14,16H,10-12H2,1-2H3;1H/b9-6+;. The number of hydrogen-bond acceptors (Lipinski definition) is 2. The van der Waals surface area contributed by atoms with Gasteiger partial charge in [-0.05, 0) is 19.4 Å². The molecule has 1 fully saturated rings. The maximum Gasteiger partial charge on any atom is 0.0169 e. The fraction of sp³-hybridized carbons (Fsp3) is 0.467. The van der Waals surface area contributed by atoms with Gasteiger partial charge in [0.1, 0.15) is 0 Å². The van der Waals surface area contributed by atoms with Gasteiger partial charge in [0.15, 0.2) is 0 Å². The van der Waals surface area contributed by atoms with Crippen molar-refractivity contribution in [3.05, 3.63) is 42.0 Å². The van der Waals surface area contributed by atoms with E-state index in [1.807, 2.05) is 0 Å². The van der Waals surface area contributed by atoms with Gasteiger partial charge in [-0.2, -0.15) is 0 Å². The predicted octanol–water partition coefficient (Wildman–Crippen LogP) is 2.80. The summed E-state index contributed by atoms with van der Waals surface area (Å²) in [7, 11) is 0. The van der Waals surface area contributed by atoms with Crippen LogP contribution in [0.1, 0.15) is 19.4 Å². The first kappa shape index (κ1) is 15.2. The number of nitrogens with one attached hydrogen (secondary N) is 1. The van der Waals surface area contributed by atoms with Gasteiger partial charge in [0, 0.05) is 31.7 Å². The van der Waals surface area contributed by atoms with Gasteiger partial charge in [-0.1, -0.05) is 42.5 Å². The van der Waals surface area contributed by atoms with Crippen LogP contribution in [0.2, 0.25) is 0 Å². The lowest BCUT2D eigenvalue weighted by molar-refractivity contribution is 0.190. The number of piperazine rings is 1. The summed E-state index contributed by atoms with van der Waals surface area (Å²) in [5.74, 6) is 0. The van der Waals surface area contributed by atoms with Crippen molar-refractivity contribution in [3.63, 3.8) is 0 Å². The maximum atomic E-state index is 3.55. The van der Waals surface area contributed by atoms with Crippen molar-refractivity contribution in [2.45, 2.75) is 25.9 Å². The van der Waals surface area contributed by atoms with Crippen molar-refractivity contribution in [1.29, 1.82) is 0 Å². The summed E-state index contributed by atoms with van der Waals surface area (Å²) in [6.07, 6.45) is 4.47. The van der Waals surface area contributed by atoms with Crippen LogP contribution < -0.4 is 5.32 Å². The molecule has 1 N–H and O–H groups in total. The minimum Gasteiger partial charge on any atom is -0.309 e. The Labute approximate surface area is 116 Å². The van der Waals surface area contributed by atoms with E-state index in [4.69, 9.17) is 0 Å². The molecular weight excluding hydrogens is 244 g/mol. The molecule has 2 nitrogen and oxygen atoms in total. The summed E-state index contributed by atoms with van der Waals surface area (Å²) in [6.45, 7) is 7.84. The van der Waals surface area contributed by atoms with Gasteiger partial charge < -0.3 is 5.32 Å². The molecule has 2 rings (SSSR count). The van der Waals surface area contributed by atoms with E-state index in [0.717, 1.165) is 19.6 Å². The smallest absolute Gasteiger partial charge is 0.0169 e. The molecular formula is C15H23ClN2. The van der Waals surface area contributed by atoms with E-state index in [9.17, 15) is 0 Å². The molecule has 1 aromatic carbocycles. The number of halogens is 1. The summed E-state index contributed by atoms with van der Waals surface area (Å²) in [4.78, 5) is 2.51. The zero-order valence-corrected chi connectivity index (χ0v) is 12.0. The van der Waals surface area contributed by atoms with Crippen molar-refractivity contribution < 1.29 is 0 Å². The molecule has 2 atom stereocenters. The van der Waals surface area contributed by atoms with Crippen LogP contribution in [0.15, 0.2) is 36.4 Å². The van der Waals surface area contributed by atoms with Crippen LogP contribution in [0.4, 0.5) is 0 Å². The Bertz CT molecular complexity index is 354. The highest BCUT2D eigenvalue weighted by Crippen LogP contribution is 2.05. The third kappa shape index (κ3) is 4.81. The first-order valence-electron chi connectivity index (χ1n) is 6.44. The minimum absolute atomic E-state index is 0. The lowest BCUT2D eigenvalue weighted by atomic mass is 10.1. The second kappa shape index (κ2) is 7.57. The van der Waals surface area contributed by atoms with Crippen molar-refractivity contribution >= 4 is 18.5 Å². The zero-order chi connectivity index (χ0) is 12.1. The Kier molecular flexibility index (Phi) is 6.41. The molecule has 2 unspecified atom stereocenters. The number of benzene rings is 1. The van der Waals surface area contributed by atoms with Crippen LogP contribution in [0, 0.1) is 0 Å². The van der Waals surface area contributed by atoms with E-state index in [2.05, 4.69) is 66.5 Å². The Morgan fingerprint density at radius 1 is 1.17 bits per heavy atom. The highest BCUT2D eigenvalue weighted by atomic mass is 35.5. The molecule has 0 radical (unpaired) electrons. The Balaban J connectivity index is 0.00000162. The SMILES string of the molecule is CC1CN(C/C=C/c2ccccc2)CC(C)N1.Cl. The van der Waals surface area contributed by atoms with Gasteiger partial charge >= 0.3 is 0 Å². The van der Waals surface area contributed by atoms with E-state index < -0.39 is 0 Å². The van der Waals surface area contributed by atoms with E-state index >= 15 is 0 Å². The summed E-state index contributed by atoms with van der Waals surface area (Å²) in [5, 5.41) is 3.55. The lowest BCUT2D eigenvalue weighted by Crippen LogP contribution is -2.54. The van der Waals surface area contributed by atoms with Crippen LogP contribution in [0.3, 0.4) is 0 Å². The van der Waals surface area contributed by atoms with E-state index in [0.29, 0.717) is 12.1 Å². The average Bonchev–Trinajstić information content (AvgIpc) is 2.29. The third-order valence-electron chi connectivity index (χ3n) is 3.11. The number of hydrogen-bond donors (Lipinski definition) is 1. The highest BCUT2D eigenvalue weighted by molar-refractivity contribution is 5.85.